The summed E-state index contributed by atoms with van der Waals surface area (Å²) in [4.78, 5) is 6.83. The summed E-state index contributed by atoms with van der Waals surface area (Å²) in [6.07, 6.45) is 4.94. The largest absolute Gasteiger partial charge is 0.487 e. The molecule has 0 bridgehead atoms. The number of benzene rings is 1. The van der Waals surface area contributed by atoms with Crippen LogP contribution in [0.5, 0.6) is 5.75 Å². The lowest BCUT2D eigenvalue weighted by Gasteiger charge is -2.29. The van der Waals surface area contributed by atoms with Crippen LogP contribution in [0.4, 0.5) is 0 Å². The highest BCUT2D eigenvalue weighted by Crippen LogP contribution is 2.46. The van der Waals surface area contributed by atoms with Gasteiger partial charge in [-0.3, -0.25) is 4.98 Å². The van der Waals surface area contributed by atoms with Crippen LogP contribution in [0.3, 0.4) is 0 Å². The highest BCUT2D eigenvalue weighted by molar-refractivity contribution is 6.17. The number of rotatable bonds is 9. The molecule has 0 saturated carbocycles. The van der Waals surface area contributed by atoms with Crippen LogP contribution in [0.1, 0.15) is 48.6 Å². The second-order valence-corrected chi connectivity index (χ2v) is 7.64. The van der Waals surface area contributed by atoms with Crippen LogP contribution in [0.2, 0.25) is 0 Å². The number of halogens is 1. The van der Waals surface area contributed by atoms with Gasteiger partial charge in [0.2, 0.25) is 0 Å². The van der Waals surface area contributed by atoms with Crippen molar-refractivity contribution in [3.05, 3.63) is 58.9 Å². The van der Waals surface area contributed by atoms with Gasteiger partial charge in [-0.1, -0.05) is 37.3 Å². The topological polar surface area (TPSA) is 34.6 Å². The Labute approximate surface area is 167 Å². The SMILES string of the molecule is CCC1(CCCN(C)C)OCc2c1cnc(CCl)c2OCc1ccccc1. The van der Waals surface area contributed by atoms with E-state index in [1.54, 1.807) is 0 Å². The van der Waals surface area contributed by atoms with Gasteiger partial charge in [0.15, 0.2) is 0 Å². The smallest absolute Gasteiger partial charge is 0.148 e. The Hall–Kier alpha value is -1.62. The molecule has 27 heavy (non-hydrogen) atoms. The third-order valence-electron chi connectivity index (χ3n) is 5.30. The first-order valence-electron chi connectivity index (χ1n) is 9.62. The minimum atomic E-state index is -0.270. The fourth-order valence-corrected chi connectivity index (χ4v) is 3.94. The molecule has 0 saturated heterocycles. The van der Waals surface area contributed by atoms with Crippen molar-refractivity contribution < 1.29 is 9.47 Å². The van der Waals surface area contributed by atoms with Crippen LogP contribution in [0, 0.1) is 0 Å². The van der Waals surface area contributed by atoms with Crippen molar-refractivity contribution in [2.45, 2.75) is 50.9 Å². The van der Waals surface area contributed by atoms with E-state index in [0.29, 0.717) is 19.1 Å². The molecular formula is C22H29ClN2O2. The molecule has 0 amide bonds. The van der Waals surface area contributed by atoms with Crippen molar-refractivity contribution in [3.63, 3.8) is 0 Å². The monoisotopic (exact) mass is 388 g/mol. The normalized spacial score (nSPS) is 18.7. The number of alkyl halides is 1. The van der Waals surface area contributed by atoms with E-state index in [1.807, 2.05) is 24.4 Å². The van der Waals surface area contributed by atoms with Crippen molar-refractivity contribution in [2.24, 2.45) is 0 Å². The zero-order valence-corrected chi connectivity index (χ0v) is 17.3. The van der Waals surface area contributed by atoms with Gasteiger partial charge in [0.1, 0.15) is 12.4 Å². The second-order valence-electron chi connectivity index (χ2n) is 7.38. The number of pyridine rings is 1. The molecule has 0 aliphatic carbocycles. The first-order valence-corrected chi connectivity index (χ1v) is 10.2. The van der Waals surface area contributed by atoms with Gasteiger partial charge in [-0.2, -0.15) is 0 Å². The Morgan fingerprint density at radius 2 is 2.04 bits per heavy atom. The van der Waals surface area contributed by atoms with Gasteiger partial charge in [-0.15, -0.1) is 11.6 Å². The molecule has 3 rings (SSSR count). The standard InChI is InChI=1S/C22H29ClN2O2/c1-4-22(11-8-12-25(2)3)19-14-24-20(13-23)21(18(19)16-27-22)26-15-17-9-6-5-7-10-17/h5-7,9-10,14H,4,8,11-13,15-16H2,1-3H3. The van der Waals surface area contributed by atoms with Gasteiger partial charge in [0, 0.05) is 17.3 Å². The molecule has 2 aromatic rings. The molecular weight excluding hydrogens is 360 g/mol. The Morgan fingerprint density at radius 3 is 2.70 bits per heavy atom. The summed E-state index contributed by atoms with van der Waals surface area (Å²) in [5.41, 5.74) is 3.93. The van der Waals surface area contributed by atoms with Crippen LogP contribution >= 0.6 is 11.6 Å². The summed E-state index contributed by atoms with van der Waals surface area (Å²) in [5, 5.41) is 0. The molecule has 0 spiro atoms. The molecule has 1 unspecified atom stereocenters. The minimum absolute atomic E-state index is 0.270. The van der Waals surface area contributed by atoms with E-state index in [4.69, 9.17) is 21.1 Å². The van der Waals surface area contributed by atoms with E-state index >= 15 is 0 Å². The molecule has 0 N–H and O–H groups in total. The van der Waals surface area contributed by atoms with Crippen LogP contribution in [-0.2, 0) is 29.4 Å². The van der Waals surface area contributed by atoms with Crippen LogP contribution in [0.15, 0.2) is 36.5 Å². The number of hydrogen-bond donors (Lipinski definition) is 0. The summed E-state index contributed by atoms with van der Waals surface area (Å²) < 4.78 is 12.6. The van der Waals surface area contributed by atoms with E-state index in [0.717, 1.165) is 48.4 Å². The van der Waals surface area contributed by atoms with E-state index in [2.05, 4.69) is 43.0 Å². The van der Waals surface area contributed by atoms with Gasteiger partial charge in [0.05, 0.1) is 23.8 Å². The summed E-state index contributed by atoms with van der Waals surface area (Å²) >= 11 is 6.15. The molecule has 1 aliphatic heterocycles. The predicted octanol–water partition coefficient (Wildman–Crippen LogP) is 4.88. The maximum Gasteiger partial charge on any atom is 0.148 e. The lowest BCUT2D eigenvalue weighted by Crippen LogP contribution is -2.26. The van der Waals surface area contributed by atoms with Crippen molar-refractivity contribution >= 4 is 11.6 Å². The minimum Gasteiger partial charge on any atom is -0.487 e. The molecule has 1 aromatic carbocycles. The maximum atomic E-state index is 6.35. The van der Waals surface area contributed by atoms with Crippen LogP contribution < -0.4 is 4.74 Å². The van der Waals surface area contributed by atoms with Gasteiger partial charge < -0.3 is 14.4 Å². The third kappa shape index (κ3) is 4.45. The molecule has 1 aromatic heterocycles. The van der Waals surface area contributed by atoms with E-state index in [1.165, 1.54) is 5.56 Å². The zero-order valence-electron chi connectivity index (χ0n) is 16.5. The fourth-order valence-electron chi connectivity index (χ4n) is 3.75. The molecule has 1 aliphatic rings. The molecule has 2 heterocycles. The van der Waals surface area contributed by atoms with Gasteiger partial charge in [-0.05, 0) is 45.5 Å². The first-order chi connectivity index (χ1) is 13.1. The lowest BCUT2D eigenvalue weighted by molar-refractivity contribution is -0.0497. The fraction of sp³-hybridized carbons (Fsp3) is 0.500. The first kappa shape index (κ1) is 20.1. The molecule has 0 radical (unpaired) electrons. The Balaban J connectivity index is 1.86. The number of aromatic nitrogens is 1. The molecule has 0 fully saturated rings. The Bertz CT molecular complexity index is 751. The second kappa shape index (κ2) is 9.05. The predicted molar refractivity (Wildman–Crippen MR) is 109 cm³/mol. The average Bonchev–Trinajstić information content (AvgIpc) is 3.06. The van der Waals surface area contributed by atoms with Gasteiger partial charge in [-0.25, -0.2) is 0 Å². The van der Waals surface area contributed by atoms with Crippen molar-refractivity contribution in [2.75, 3.05) is 20.6 Å². The van der Waals surface area contributed by atoms with E-state index in [-0.39, 0.29) is 5.60 Å². The number of hydrogen-bond acceptors (Lipinski definition) is 4. The summed E-state index contributed by atoms with van der Waals surface area (Å²) in [6, 6.07) is 10.2. The summed E-state index contributed by atoms with van der Waals surface area (Å²) in [7, 11) is 4.21. The van der Waals surface area contributed by atoms with Gasteiger partial charge in [0.25, 0.3) is 0 Å². The summed E-state index contributed by atoms with van der Waals surface area (Å²) in [6.45, 7) is 4.29. The molecule has 146 valence electrons. The molecule has 5 heteroatoms. The maximum absolute atomic E-state index is 6.35. The highest BCUT2D eigenvalue weighted by Gasteiger charge is 2.40. The Morgan fingerprint density at radius 1 is 1.26 bits per heavy atom. The number of ether oxygens (including phenoxy) is 2. The highest BCUT2D eigenvalue weighted by atomic mass is 35.5. The summed E-state index contributed by atoms with van der Waals surface area (Å²) in [5.74, 6) is 1.13. The lowest BCUT2D eigenvalue weighted by atomic mass is 9.86. The quantitative estimate of drug-likeness (QED) is 0.573. The van der Waals surface area contributed by atoms with Gasteiger partial charge >= 0.3 is 0 Å². The van der Waals surface area contributed by atoms with Crippen LogP contribution in [-0.4, -0.2) is 30.5 Å². The zero-order chi connectivity index (χ0) is 19.3. The van der Waals surface area contributed by atoms with Crippen LogP contribution in [0.25, 0.3) is 0 Å². The molecule has 1 atom stereocenters. The van der Waals surface area contributed by atoms with E-state index < -0.39 is 0 Å². The number of fused-ring (bicyclic) bond motifs is 1. The van der Waals surface area contributed by atoms with Crippen molar-refractivity contribution in [1.29, 1.82) is 0 Å². The Kier molecular flexibility index (Phi) is 6.74. The van der Waals surface area contributed by atoms with E-state index in [9.17, 15) is 0 Å². The third-order valence-corrected chi connectivity index (χ3v) is 5.56. The number of nitrogens with zero attached hydrogens (tertiary/aromatic N) is 2. The average molecular weight is 389 g/mol. The van der Waals surface area contributed by atoms with Crippen molar-refractivity contribution in [1.82, 2.24) is 9.88 Å². The van der Waals surface area contributed by atoms with Crippen molar-refractivity contribution in [3.8, 4) is 5.75 Å². The molecule has 4 nitrogen and oxygen atoms in total.